The third-order valence-electron chi connectivity index (χ3n) is 1.70. The molecule has 0 saturated carbocycles. The Bertz CT molecular complexity index is 334. The second kappa shape index (κ2) is 4.52. The number of aryl methyl sites for hydroxylation is 1. The average molecular weight is 214 g/mol. The lowest BCUT2D eigenvalue weighted by molar-refractivity contribution is 0.0690. The number of hydrogen-bond acceptors (Lipinski definition) is 4. The summed E-state index contributed by atoms with van der Waals surface area (Å²) in [6.07, 6.45) is 0. The van der Waals surface area contributed by atoms with Gasteiger partial charge in [-0.15, -0.1) is 11.3 Å². The summed E-state index contributed by atoms with van der Waals surface area (Å²) in [6, 6.07) is 0.382. The van der Waals surface area contributed by atoms with E-state index in [2.05, 4.69) is 10.3 Å². The van der Waals surface area contributed by atoms with Crippen molar-refractivity contribution >= 4 is 17.3 Å². The zero-order valence-electron chi connectivity index (χ0n) is 8.50. The molecular weight excluding hydrogens is 200 g/mol. The second-order valence-corrected chi connectivity index (χ2v) is 4.64. The maximum Gasteiger partial charge on any atom is 0.355 e. The molecule has 4 nitrogen and oxygen atoms in total. The quantitative estimate of drug-likeness (QED) is 0.800. The van der Waals surface area contributed by atoms with Crippen LogP contribution >= 0.6 is 11.3 Å². The minimum absolute atomic E-state index is 0.176. The van der Waals surface area contributed by atoms with E-state index < -0.39 is 5.97 Å². The molecule has 1 aromatic rings. The van der Waals surface area contributed by atoms with Crippen molar-refractivity contribution in [1.82, 2.24) is 10.3 Å². The molecule has 1 heterocycles. The third kappa shape index (κ3) is 2.78. The Hall–Kier alpha value is -0.940. The molecule has 0 saturated heterocycles. The third-order valence-corrected chi connectivity index (χ3v) is 2.68. The molecule has 5 heteroatoms. The van der Waals surface area contributed by atoms with Crippen LogP contribution in [0.25, 0.3) is 0 Å². The van der Waals surface area contributed by atoms with Crippen molar-refractivity contribution in [2.75, 3.05) is 0 Å². The Morgan fingerprint density at radius 2 is 2.29 bits per heavy atom. The summed E-state index contributed by atoms with van der Waals surface area (Å²) < 4.78 is 0. The van der Waals surface area contributed by atoms with Gasteiger partial charge < -0.3 is 10.4 Å². The van der Waals surface area contributed by atoms with Gasteiger partial charge in [-0.1, -0.05) is 13.8 Å². The first-order valence-corrected chi connectivity index (χ1v) is 5.25. The average Bonchev–Trinajstić information content (AvgIpc) is 2.43. The molecule has 0 spiro atoms. The molecule has 0 aliphatic rings. The smallest absolute Gasteiger partial charge is 0.355 e. The maximum absolute atomic E-state index is 10.7. The number of thiazole rings is 1. The number of aromatic carboxylic acids is 1. The van der Waals surface area contributed by atoms with Crippen molar-refractivity contribution in [3.05, 3.63) is 15.6 Å². The Labute approximate surface area is 87.0 Å². The fraction of sp³-hybridized carbons (Fsp3) is 0.556. The predicted molar refractivity (Wildman–Crippen MR) is 55.8 cm³/mol. The van der Waals surface area contributed by atoms with Crippen LogP contribution in [0.2, 0.25) is 0 Å². The summed E-state index contributed by atoms with van der Waals surface area (Å²) in [6.45, 7) is 6.49. The van der Waals surface area contributed by atoms with Crippen LogP contribution in [0.5, 0.6) is 0 Å². The van der Waals surface area contributed by atoms with E-state index in [0.717, 1.165) is 9.88 Å². The summed E-state index contributed by atoms with van der Waals surface area (Å²) in [4.78, 5) is 15.5. The van der Waals surface area contributed by atoms with E-state index in [1.165, 1.54) is 11.3 Å². The van der Waals surface area contributed by atoms with Crippen molar-refractivity contribution in [3.8, 4) is 0 Å². The van der Waals surface area contributed by atoms with E-state index in [-0.39, 0.29) is 5.69 Å². The molecule has 0 unspecified atom stereocenters. The highest BCUT2D eigenvalue weighted by Gasteiger charge is 2.13. The van der Waals surface area contributed by atoms with Gasteiger partial charge in [0, 0.05) is 17.5 Å². The molecule has 14 heavy (non-hydrogen) atoms. The molecule has 0 aromatic carbocycles. The van der Waals surface area contributed by atoms with Crippen molar-refractivity contribution < 1.29 is 9.90 Å². The Kier molecular flexibility index (Phi) is 3.60. The van der Waals surface area contributed by atoms with Crippen LogP contribution in [-0.2, 0) is 6.54 Å². The molecule has 0 amide bonds. The highest BCUT2D eigenvalue weighted by Crippen LogP contribution is 2.17. The van der Waals surface area contributed by atoms with Gasteiger partial charge in [-0.3, -0.25) is 0 Å². The minimum Gasteiger partial charge on any atom is -0.476 e. The number of carboxylic acids is 1. The Balaban J connectivity index is 2.71. The summed E-state index contributed by atoms with van der Waals surface area (Å²) in [5.41, 5.74) is 0.176. The first-order chi connectivity index (χ1) is 6.50. The highest BCUT2D eigenvalue weighted by molar-refractivity contribution is 7.11. The standard InChI is InChI=1S/C9H14N2O2S/c1-5(2)10-4-7-11-8(9(12)13)6(3)14-7/h5,10H,4H2,1-3H3,(H,12,13). The monoisotopic (exact) mass is 214 g/mol. The van der Waals surface area contributed by atoms with Gasteiger partial charge in [-0.2, -0.15) is 0 Å². The number of nitrogens with one attached hydrogen (secondary N) is 1. The van der Waals surface area contributed by atoms with Gasteiger partial charge in [0.15, 0.2) is 5.69 Å². The van der Waals surface area contributed by atoms with Crippen molar-refractivity contribution in [2.45, 2.75) is 33.4 Å². The number of hydrogen-bond donors (Lipinski definition) is 2. The van der Waals surface area contributed by atoms with Crippen LogP contribution in [0.1, 0.15) is 34.2 Å². The van der Waals surface area contributed by atoms with Gasteiger partial charge in [0.05, 0.1) is 0 Å². The van der Waals surface area contributed by atoms with E-state index in [9.17, 15) is 4.79 Å². The summed E-state index contributed by atoms with van der Waals surface area (Å²) in [5.74, 6) is -0.949. The van der Waals surface area contributed by atoms with Crippen molar-refractivity contribution in [3.63, 3.8) is 0 Å². The Morgan fingerprint density at radius 1 is 1.64 bits per heavy atom. The number of rotatable bonds is 4. The van der Waals surface area contributed by atoms with Crippen molar-refractivity contribution in [2.24, 2.45) is 0 Å². The summed E-state index contributed by atoms with van der Waals surface area (Å²) in [5, 5.41) is 12.8. The molecular formula is C9H14N2O2S. The molecule has 0 aliphatic carbocycles. The van der Waals surface area contributed by atoms with Crippen LogP contribution in [0, 0.1) is 6.92 Å². The first kappa shape index (κ1) is 11.1. The first-order valence-electron chi connectivity index (χ1n) is 4.43. The van der Waals surface area contributed by atoms with Gasteiger partial charge in [0.25, 0.3) is 0 Å². The van der Waals surface area contributed by atoms with Gasteiger partial charge in [0.2, 0.25) is 0 Å². The number of carboxylic acid groups (broad SMARTS) is 1. The highest BCUT2D eigenvalue weighted by atomic mass is 32.1. The zero-order valence-corrected chi connectivity index (χ0v) is 9.31. The lowest BCUT2D eigenvalue weighted by Crippen LogP contribution is -2.21. The molecule has 0 fully saturated rings. The summed E-state index contributed by atoms with van der Waals surface area (Å²) in [7, 11) is 0. The van der Waals surface area contributed by atoms with E-state index in [4.69, 9.17) is 5.11 Å². The van der Waals surface area contributed by atoms with Gasteiger partial charge in [-0.05, 0) is 6.92 Å². The van der Waals surface area contributed by atoms with Gasteiger partial charge in [0.1, 0.15) is 5.01 Å². The molecule has 0 aliphatic heterocycles. The SMILES string of the molecule is Cc1sc(CNC(C)C)nc1C(=O)O. The molecule has 2 N–H and O–H groups in total. The second-order valence-electron chi connectivity index (χ2n) is 3.35. The van der Waals surface area contributed by atoms with E-state index in [0.29, 0.717) is 12.6 Å². The van der Waals surface area contributed by atoms with Gasteiger partial charge >= 0.3 is 5.97 Å². The topological polar surface area (TPSA) is 62.2 Å². The van der Waals surface area contributed by atoms with Crippen LogP contribution in [-0.4, -0.2) is 22.1 Å². The van der Waals surface area contributed by atoms with E-state index in [1.54, 1.807) is 6.92 Å². The zero-order chi connectivity index (χ0) is 10.7. The summed E-state index contributed by atoms with van der Waals surface area (Å²) >= 11 is 1.43. The lowest BCUT2D eigenvalue weighted by atomic mass is 10.4. The Morgan fingerprint density at radius 3 is 2.71 bits per heavy atom. The molecule has 1 aromatic heterocycles. The van der Waals surface area contributed by atoms with Crippen LogP contribution < -0.4 is 5.32 Å². The minimum atomic E-state index is -0.949. The van der Waals surface area contributed by atoms with Gasteiger partial charge in [-0.25, -0.2) is 9.78 Å². The largest absolute Gasteiger partial charge is 0.476 e. The molecule has 78 valence electrons. The molecule has 1 rings (SSSR count). The van der Waals surface area contributed by atoms with Crippen LogP contribution in [0.3, 0.4) is 0 Å². The fourth-order valence-corrected chi connectivity index (χ4v) is 1.89. The molecule has 0 bridgehead atoms. The number of aromatic nitrogens is 1. The molecule has 0 atom stereocenters. The van der Waals surface area contributed by atoms with Crippen molar-refractivity contribution in [1.29, 1.82) is 0 Å². The van der Waals surface area contributed by atoms with Crippen LogP contribution in [0.15, 0.2) is 0 Å². The predicted octanol–water partition coefficient (Wildman–Crippen LogP) is 1.65. The van der Waals surface area contributed by atoms with Crippen LogP contribution in [0.4, 0.5) is 0 Å². The fourth-order valence-electron chi connectivity index (χ4n) is 1.02. The number of nitrogens with zero attached hydrogens (tertiary/aromatic N) is 1. The van der Waals surface area contributed by atoms with E-state index in [1.807, 2.05) is 13.8 Å². The maximum atomic E-state index is 10.7. The molecule has 0 radical (unpaired) electrons. The number of carbonyl (C=O) groups is 1. The lowest BCUT2D eigenvalue weighted by Gasteiger charge is -2.04. The normalized spacial score (nSPS) is 10.9. The van der Waals surface area contributed by atoms with E-state index >= 15 is 0 Å².